The highest BCUT2D eigenvalue weighted by atomic mass is 16.5. The van der Waals surface area contributed by atoms with Crippen LogP contribution in [0.1, 0.15) is 40.0 Å². The summed E-state index contributed by atoms with van der Waals surface area (Å²) in [5.74, 6) is 0.928. The van der Waals surface area contributed by atoms with Crippen LogP contribution in [-0.2, 0) is 9.53 Å². The Labute approximate surface area is 133 Å². The Balaban J connectivity index is 2.57. The summed E-state index contributed by atoms with van der Waals surface area (Å²) in [4.78, 5) is 10.3. The van der Waals surface area contributed by atoms with Gasteiger partial charge >= 0.3 is 0 Å². The molecule has 1 unspecified atom stereocenters. The van der Waals surface area contributed by atoms with Gasteiger partial charge in [-0.3, -0.25) is 10.1 Å². The summed E-state index contributed by atoms with van der Waals surface area (Å²) in [7, 11) is 1.70. The average molecular weight is 308 g/mol. The molecule has 1 amide bonds. The number of ether oxygens (including phenoxy) is 1. The highest BCUT2D eigenvalue weighted by Crippen LogP contribution is 2.27. The predicted molar refractivity (Wildman–Crippen MR) is 88.1 cm³/mol. The van der Waals surface area contributed by atoms with E-state index < -0.39 is 5.72 Å². The van der Waals surface area contributed by atoms with Crippen molar-refractivity contribution >= 4 is 6.41 Å². The zero-order valence-corrected chi connectivity index (χ0v) is 14.0. The van der Waals surface area contributed by atoms with E-state index in [1.165, 1.54) is 16.7 Å². The lowest BCUT2D eigenvalue weighted by Gasteiger charge is -2.25. The second-order valence-corrected chi connectivity index (χ2v) is 6.07. The maximum Gasteiger partial charge on any atom is 0.207 e. The van der Waals surface area contributed by atoms with Gasteiger partial charge in [0.2, 0.25) is 6.41 Å². The van der Waals surface area contributed by atoms with E-state index in [4.69, 9.17) is 4.74 Å². The number of hydrogen-bond donors (Lipinski definition) is 3. The summed E-state index contributed by atoms with van der Waals surface area (Å²) < 4.78 is 5.48. The Kier molecular flexibility index (Phi) is 7.35. The summed E-state index contributed by atoms with van der Waals surface area (Å²) in [6.07, 6.45) is 7.66. The average Bonchev–Trinajstić information content (AvgIpc) is 2.46. The largest absolute Gasteiger partial charge is 0.496 e. The standard InChI is InChI=1S/C17H28N2O3/c1-13(2)9-15-6-5-14(10-16(15)22-4)7-8-19-17(3,21)11-18-12-20/h9-10,12,19,21H,5-8,11H2,1-4H3,(H,18,20). The predicted octanol–water partition coefficient (Wildman–Crippen LogP) is 2.01. The molecule has 1 rings (SSSR count). The number of aliphatic hydroxyl groups is 1. The van der Waals surface area contributed by atoms with Crippen LogP contribution in [0.15, 0.2) is 34.6 Å². The molecule has 0 fully saturated rings. The van der Waals surface area contributed by atoms with Crippen LogP contribution in [0.4, 0.5) is 0 Å². The first-order valence-electron chi connectivity index (χ1n) is 7.64. The molecule has 0 aromatic carbocycles. The lowest BCUT2D eigenvalue weighted by Crippen LogP contribution is -2.50. The fourth-order valence-corrected chi connectivity index (χ4v) is 2.44. The highest BCUT2D eigenvalue weighted by Gasteiger charge is 2.19. The summed E-state index contributed by atoms with van der Waals surface area (Å²) in [5, 5.41) is 15.5. The fraction of sp³-hybridized carbons (Fsp3) is 0.588. The number of amides is 1. The summed E-state index contributed by atoms with van der Waals surface area (Å²) in [6.45, 7) is 6.64. The summed E-state index contributed by atoms with van der Waals surface area (Å²) in [6, 6.07) is 0. The normalized spacial score (nSPS) is 17.4. The van der Waals surface area contributed by atoms with Gasteiger partial charge in [-0.05, 0) is 51.7 Å². The van der Waals surface area contributed by atoms with E-state index in [0.29, 0.717) is 13.0 Å². The van der Waals surface area contributed by atoms with Crippen molar-refractivity contribution in [3.05, 3.63) is 34.6 Å². The first-order chi connectivity index (χ1) is 10.4. The zero-order valence-electron chi connectivity index (χ0n) is 14.0. The van der Waals surface area contributed by atoms with Crippen molar-refractivity contribution in [3.63, 3.8) is 0 Å². The fourth-order valence-electron chi connectivity index (χ4n) is 2.44. The lowest BCUT2D eigenvalue weighted by molar-refractivity contribution is -0.110. The molecule has 0 radical (unpaired) electrons. The Morgan fingerprint density at radius 1 is 1.45 bits per heavy atom. The van der Waals surface area contributed by atoms with Crippen molar-refractivity contribution in [2.24, 2.45) is 0 Å². The maximum absolute atomic E-state index is 10.3. The van der Waals surface area contributed by atoms with Crippen molar-refractivity contribution < 1.29 is 14.6 Å². The number of allylic oxidation sites excluding steroid dienone is 4. The Morgan fingerprint density at radius 3 is 2.77 bits per heavy atom. The molecule has 0 spiro atoms. The van der Waals surface area contributed by atoms with E-state index in [0.717, 1.165) is 25.0 Å². The third-order valence-corrected chi connectivity index (χ3v) is 3.53. The molecular weight excluding hydrogens is 280 g/mol. The molecule has 5 heteroatoms. The highest BCUT2D eigenvalue weighted by molar-refractivity contribution is 5.46. The van der Waals surface area contributed by atoms with Crippen molar-refractivity contribution in [2.45, 2.75) is 45.8 Å². The summed E-state index contributed by atoms with van der Waals surface area (Å²) >= 11 is 0. The molecule has 0 aromatic heterocycles. The number of hydrogen-bond acceptors (Lipinski definition) is 4. The van der Waals surface area contributed by atoms with Crippen molar-refractivity contribution in [2.75, 3.05) is 20.2 Å². The van der Waals surface area contributed by atoms with Gasteiger partial charge < -0.3 is 15.2 Å². The first kappa shape index (κ1) is 18.5. The van der Waals surface area contributed by atoms with Gasteiger partial charge in [0.1, 0.15) is 11.5 Å². The smallest absolute Gasteiger partial charge is 0.207 e. The molecule has 1 atom stereocenters. The van der Waals surface area contributed by atoms with Gasteiger partial charge in [0.15, 0.2) is 0 Å². The molecule has 1 aliphatic carbocycles. The Hall–Kier alpha value is -1.59. The van der Waals surface area contributed by atoms with E-state index >= 15 is 0 Å². The molecule has 0 saturated heterocycles. The number of methoxy groups -OCH3 is 1. The molecule has 0 bridgehead atoms. The van der Waals surface area contributed by atoms with Crippen molar-refractivity contribution in [3.8, 4) is 0 Å². The Bertz CT molecular complexity index is 472. The monoisotopic (exact) mass is 308 g/mol. The van der Waals surface area contributed by atoms with Crippen molar-refractivity contribution in [1.29, 1.82) is 0 Å². The lowest BCUT2D eigenvalue weighted by atomic mass is 9.94. The third kappa shape index (κ3) is 6.45. The zero-order chi connectivity index (χ0) is 16.6. The van der Waals surface area contributed by atoms with Crippen molar-refractivity contribution in [1.82, 2.24) is 10.6 Å². The molecule has 0 aliphatic heterocycles. The van der Waals surface area contributed by atoms with Gasteiger partial charge in [0, 0.05) is 6.54 Å². The molecule has 5 nitrogen and oxygen atoms in total. The van der Waals surface area contributed by atoms with E-state index in [1.807, 2.05) is 0 Å². The quantitative estimate of drug-likeness (QED) is 0.450. The van der Waals surface area contributed by atoms with E-state index in [-0.39, 0.29) is 6.54 Å². The molecule has 124 valence electrons. The van der Waals surface area contributed by atoms with E-state index in [9.17, 15) is 9.90 Å². The molecular formula is C17H28N2O3. The molecule has 0 aromatic rings. The molecule has 1 aliphatic rings. The molecule has 3 N–H and O–H groups in total. The van der Waals surface area contributed by atoms with Crippen LogP contribution in [0, 0.1) is 0 Å². The van der Waals surface area contributed by atoms with Crippen LogP contribution in [0.3, 0.4) is 0 Å². The van der Waals surface area contributed by atoms with Crippen LogP contribution in [0.5, 0.6) is 0 Å². The second-order valence-electron chi connectivity index (χ2n) is 6.07. The van der Waals surface area contributed by atoms with E-state index in [1.54, 1.807) is 14.0 Å². The van der Waals surface area contributed by atoms with Crippen LogP contribution in [-0.4, -0.2) is 37.4 Å². The molecule has 0 heterocycles. The van der Waals surface area contributed by atoms with E-state index in [2.05, 4.69) is 36.6 Å². The minimum Gasteiger partial charge on any atom is -0.496 e. The number of carbonyl (C=O) groups is 1. The second kappa shape index (κ2) is 8.76. The van der Waals surface area contributed by atoms with Crippen LogP contribution < -0.4 is 10.6 Å². The van der Waals surface area contributed by atoms with Crippen LogP contribution in [0.25, 0.3) is 0 Å². The van der Waals surface area contributed by atoms with Gasteiger partial charge in [-0.15, -0.1) is 0 Å². The number of rotatable bonds is 9. The molecule has 22 heavy (non-hydrogen) atoms. The van der Waals surface area contributed by atoms with Gasteiger partial charge in [0.05, 0.1) is 13.7 Å². The summed E-state index contributed by atoms with van der Waals surface area (Å²) in [5.41, 5.74) is 2.71. The first-order valence-corrected chi connectivity index (χ1v) is 7.64. The number of nitrogens with one attached hydrogen (secondary N) is 2. The van der Waals surface area contributed by atoms with Gasteiger partial charge in [-0.2, -0.15) is 0 Å². The van der Waals surface area contributed by atoms with Crippen LogP contribution in [0.2, 0.25) is 0 Å². The van der Waals surface area contributed by atoms with Crippen LogP contribution >= 0.6 is 0 Å². The molecule has 0 saturated carbocycles. The van der Waals surface area contributed by atoms with Gasteiger partial charge in [-0.1, -0.05) is 17.2 Å². The minimum absolute atomic E-state index is 0.184. The van der Waals surface area contributed by atoms with Gasteiger partial charge in [-0.25, -0.2) is 0 Å². The third-order valence-electron chi connectivity index (χ3n) is 3.53. The minimum atomic E-state index is -1.09. The Morgan fingerprint density at radius 2 is 2.18 bits per heavy atom. The van der Waals surface area contributed by atoms with Gasteiger partial charge in [0.25, 0.3) is 0 Å². The topological polar surface area (TPSA) is 70.6 Å². The maximum atomic E-state index is 10.3. The SMILES string of the molecule is COC1=C(C=C(C)C)CCC(CCNC(C)(O)CNC=O)=C1. The number of carbonyl (C=O) groups excluding carboxylic acids is 1.